The fraction of sp³-hybridized carbons (Fsp3) is 0.409. The predicted octanol–water partition coefficient (Wildman–Crippen LogP) is 4.43. The quantitative estimate of drug-likeness (QED) is 0.578. The van der Waals surface area contributed by atoms with E-state index in [0.717, 1.165) is 17.7 Å². The second-order valence-electron chi connectivity index (χ2n) is 6.81. The van der Waals surface area contributed by atoms with E-state index in [9.17, 15) is 4.79 Å². The lowest BCUT2D eigenvalue weighted by Crippen LogP contribution is -2.52. The van der Waals surface area contributed by atoms with Crippen molar-refractivity contribution in [2.75, 3.05) is 27.4 Å². The molecule has 0 aliphatic rings. The molecule has 2 aromatic rings. The Kier molecular flexibility index (Phi) is 8.51. The van der Waals surface area contributed by atoms with E-state index in [4.69, 9.17) is 15.2 Å². The first kappa shape index (κ1) is 21.6. The molecule has 1 atom stereocenters. The van der Waals surface area contributed by atoms with E-state index >= 15 is 0 Å². The third-order valence-corrected chi connectivity index (χ3v) is 5.79. The molecule has 0 bridgehead atoms. The molecule has 27 heavy (non-hydrogen) atoms. The molecule has 0 saturated carbocycles. The van der Waals surface area contributed by atoms with Crippen LogP contribution in [0, 0.1) is 5.92 Å². The molecule has 0 fully saturated rings. The van der Waals surface area contributed by atoms with E-state index in [2.05, 4.69) is 12.1 Å². The molecule has 0 saturated heterocycles. The molecule has 146 valence electrons. The lowest BCUT2D eigenvalue weighted by atomic mass is 9.77. The molecule has 2 rings (SSSR count). The maximum Gasteiger partial charge on any atom is 0.182 e. The number of Topliss-reactive ketones (excluding diaryl/α,β-unsaturated/α-hetero) is 1. The van der Waals surface area contributed by atoms with Crippen LogP contribution >= 0.6 is 11.8 Å². The first-order valence-electron chi connectivity index (χ1n) is 9.13. The summed E-state index contributed by atoms with van der Waals surface area (Å²) in [5.74, 6) is -0.0563. The van der Waals surface area contributed by atoms with Gasteiger partial charge in [-0.05, 0) is 49.9 Å². The zero-order valence-electron chi connectivity index (χ0n) is 16.3. The molecule has 4 nitrogen and oxygen atoms in total. The number of hydrogen-bond acceptors (Lipinski definition) is 5. The molecule has 0 radical (unpaired) electrons. The van der Waals surface area contributed by atoms with Gasteiger partial charge in [-0.25, -0.2) is 0 Å². The van der Waals surface area contributed by atoms with Crippen LogP contribution in [0.15, 0.2) is 64.4 Å². The Morgan fingerprint density at radius 1 is 0.963 bits per heavy atom. The smallest absolute Gasteiger partial charge is 0.182 e. The molecule has 5 heteroatoms. The third-order valence-electron chi connectivity index (χ3n) is 4.77. The Bertz CT molecular complexity index is 693. The first-order valence-corrected chi connectivity index (χ1v) is 9.95. The van der Waals surface area contributed by atoms with Crippen molar-refractivity contribution in [3.05, 3.63) is 60.2 Å². The summed E-state index contributed by atoms with van der Waals surface area (Å²) >= 11 is 1.67. The normalized spacial score (nSPS) is 13.5. The Balaban J connectivity index is 2.11. The summed E-state index contributed by atoms with van der Waals surface area (Å²) in [5.41, 5.74) is 6.18. The van der Waals surface area contributed by atoms with Crippen LogP contribution in [0.3, 0.4) is 0 Å². The van der Waals surface area contributed by atoms with Crippen LogP contribution in [0.1, 0.15) is 30.1 Å². The lowest BCUT2D eigenvalue weighted by molar-refractivity contribution is 0.0749. The highest BCUT2D eigenvalue weighted by Crippen LogP contribution is 2.30. The monoisotopic (exact) mass is 387 g/mol. The maximum absolute atomic E-state index is 13.1. The van der Waals surface area contributed by atoms with Crippen molar-refractivity contribution in [2.24, 2.45) is 11.7 Å². The van der Waals surface area contributed by atoms with Crippen molar-refractivity contribution < 1.29 is 14.3 Å². The Morgan fingerprint density at radius 2 is 1.48 bits per heavy atom. The van der Waals surface area contributed by atoms with E-state index < -0.39 is 5.54 Å². The summed E-state index contributed by atoms with van der Waals surface area (Å²) in [4.78, 5) is 15.3. The molecule has 0 amide bonds. The molecule has 2 N–H and O–H groups in total. The van der Waals surface area contributed by atoms with Crippen LogP contribution in [-0.4, -0.2) is 38.8 Å². The van der Waals surface area contributed by atoms with Crippen molar-refractivity contribution in [3.8, 4) is 0 Å². The van der Waals surface area contributed by atoms with Crippen molar-refractivity contribution in [3.63, 3.8) is 0 Å². The first-order chi connectivity index (χ1) is 13.0. The lowest BCUT2D eigenvalue weighted by Gasteiger charge is -2.33. The van der Waals surface area contributed by atoms with Gasteiger partial charge in [0.15, 0.2) is 5.78 Å². The predicted molar refractivity (Wildman–Crippen MR) is 110 cm³/mol. The minimum Gasteiger partial charge on any atom is -0.385 e. The second-order valence-corrected chi connectivity index (χ2v) is 7.96. The minimum absolute atomic E-state index is 0.0109. The Hall–Kier alpha value is -1.66. The standard InChI is InChI=1S/C22H29NO3S/c1-22(23,18(13-15-25-2)14-16-26-3)21(24)17-9-11-20(12-10-17)27-19-7-5-4-6-8-19/h4-12,18H,13-16,23H2,1-3H3. The molecule has 0 aliphatic heterocycles. The molecule has 0 heterocycles. The summed E-state index contributed by atoms with van der Waals surface area (Å²) in [6.07, 6.45) is 1.45. The SMILES string of the molecule is COCCC(CCOC)C(C)(N)C(=O)c1ccc(Sc2ccccc2)cc1. The topological polar surface area (TPSA) is 61.6 Å². The van der Waals surface area contributed by atoms with Gasteiger partial charge < -0.3 is 15.2 Å². The fourth-order valence-corrected chi connectivity index (χ4v) is 3.90. The average Bonchev–Trinajstić information content (AvgIpc) is 2.68. The van der Waals surface area contributed by atoms with Crippen LogP contribution in [0.2, 0.25) is 0 Å². The van der Waals surface area contributed by atoms with Crippen molar-refractivity contribution in [1.82, 2.24) is 0 Å². The van der Waals surface area contributed by atoms with Crippen LogP contribution in [0.4, 0.5) is 0 Å². The van der Waals surface area contributed by atoms with E-state index in [1.165, 1.54) is 4.90 Å². The number of ether oxygens (including phenoxy) is 2. The zero-order chi connectivity index (χ0) is 19.7. The third kappa shape index (κ3) is 6.18. The second kappa shape index (κ2) is 10.6. The largest absolute Gasteiger partial charge is 0.385 e. The summed E-state index contributed by atoms with van der Waals surface area (Å²) in [5, 5.41) is 0. The summed E-state index contributed by atoms with van der Waals surface area (Å²) in [6.45, 7) is 2.96. The van der Waals surface area contributed by atoms with Gasteiger partial charge in [0, 0.05) is 42.8 Å². The number of nitrogens with two attached hydrogens (primary N) is 1. The van der Waals surface area contributed by atoms with E-state index in [1.54, 1.807) is 26.0 Å². The summed E-state index contributed by atoms with van der Waals surface area (Å²) in [7, 11) is 3.32. The van der Waals surface area contributed by atoms with Gasteiger partial charge in [0.1, 0.15) is 0 Å². The molecular weight excluding hydrogens is 358 g/mol. The number of ketones is 1. The molecule has 0 aromatic heterocycles. The Labute approximate surface area is 166 Å². The number of rotatable bonds is 11. The van der Waals surface area contributed by atoms with Gasteiger partial charge in [-0.2, -0.15) is 0 Å². The number of carbonyl (C=O) groups is 1. The van der Waals surface area contributed by atoms with Gasteiger partial charge in [-0.3, -0.25) is 4.79 Å². The molecule has 0 aliphatic carbocycles. The molecular formula is C22H29NO3S. The number of hydrogen-bond donors (Lipinski definition) is 1. The average molecular weight is 388 g/mol. The van der Waals surface area contributed by atoms with Gasteiger partial charge in [0.05, 0.1) is 5.54 Å². The van der Waals surface area contributed by atoms with Gasteiger partial charge >= 0.3 is 0 Å². The Morgan fingerprint density at radius 3 is 2.00 bits per heavy atom. The molecule has 0 spiro atoms. The molecule has 1 unspecified atom stereocenters. The number of methoxy groups -OCH3 is 2. The van der Waals surface area contributed by atoms with Crippen molar-refractivity contribution in [2.45, 2.75) is 35.1 Å². The van der Waals surface area contributed by atoms with Crippen LogP contribution in [-0.2, 0) is 9.47 Å². The number of benzene rings is 2. The van der Waals surface area contributed by atoms with Gasteiger partial charge in [0.25, 0.3) is 0 Å². The van der Waals surface area contributed by atoms with Crippen LogP contribution < -0.4 is 5.73 Å². The maximum atomic E-state index is 13.1. The van der Waals surface area contributed by atoms with E-state index in [1.807, 2.05) is 49.4 Å². The van der Waals surface area contributed by atoms with E-state index in [0.29, 0.717) is 18.8 Å². The molecule has 2 aromatic carbocycles. The zero-order valence-corrected chi connectivity index (χ0v) is 17.1. The van der Waals surface area contributed by atoms with Gasteiger partial charge in [-0.15, -0.1) is 0 Å². The summed E-state index contributed by atoms with van der Waals surface area (Å²) in [6, 6.07) is 17.8. The highest BCUT2D eigenvalue weighted by atomic mass is 32.2. The van der Waals surface area contributed by atoms with Crippen molar-refractivity contribution in [1.29, 1.82) is 0 Å². The number of carbonyl (C=O) groups excluding carboxylic acids is 1. The van der Waals surface area contributed by atoms with Crippen LogP contribution in [0.5, 0.6) is 0 Å². The highest BCUT2D eigenvalue weighted by Gasteiger charge is 2.37. The minimum atomic E-state index is -0.967. The van der Waals surface area contributed by atoms with Crippen molar-refractivity contribution >= 4 is 17.5 Å². The fourth-order valence-electron chi connectivity index (χ4n) is 3.06. The summed E-state index contributed by atoms with van der Waals surface area (Å²) < 4.78 is 10.4. The highest BCUT2D eigenvalue weighted by molar-refractivity contribution is 7.99. The van der Waals surface area contributed by atoms with Crippen LogP contribution in [0.25, 0.3) is 0 Å². The van der Waals surface area contributed by atoms with Gasteiger partial charge in [0.2, 0.25) is 0 Å². The van der Waals surface area contributed by atoms with E-state index in [-0.39, 0.29) is 11.7 Å². The van der Waals surface area contributed by atoms with Gasteiger partial charge in [-0.1, -0.05) is 42.1 Å².